The molecule has 2 N–H and O–H groups in total. The van der Waals surface area contributed by atoms with Gasteiger partial charge in [-0.15, -0.1) is 0 Å². The zero-order chi connectivity index (χ0) is 22.0. The highest BCUT2D eigenvalue weighted by atomic mass is 19.1. The van der Waals surface area contributed by atoms with Crippen LogP contribution in [-0.2, 0) is 11.2 Å². The third-order valence-electron chi connectivity index (χ3n) is 4.99. The lowest BCUT2D eigenvalue weighted by atomic mass is 10.00. The summed E-state index contributed by atoms with van der Waals surface area (Å²) in [6.07, 6.45) is 1.78. The van der Waals surface area contributed by atoms with Crippen LogP contribution in [0.15, 0.2) is 65.6 Å². The molecule has 0 aliphatic heterocycles. The Balaban J connectivity index is 1.61. The van der Waals surface area contributed by atoms with Crippen molar-refractivity contribution in [3.63, 3.8) is 0 Å². The first-order chi connectivity index (χ1) is 14.9. The molecule has 0 bridgehead atoms. The van der Waals surface area contributed by atoms with Gasteiger partial charge in [-0.1, -0.05) is 32.0 Å². The van der Waals surface area contributed by atoms with Crippen LogP contribution in [0.5, 0.6) is 0 Å². The molecule has 31 heavy (non-hydrogen) atoms. The molecule has 0 fully saturated rings. The summed E-state index contributed by atoms with van der Waals surface area (Å²) in [5, 5.41) is 5.98. The van der Waals surface area contributed by atoms with Gasteiger partial charge in [-0.2, -0.15) is 0 Å². The SMILES string of the molecule is CC(C)[C@H](NC(=O)Cc1ccc(F)cc1)c1cc(=O)n2[nH]c(-c3ccccn3)cc2n1. The second-order valence-corrected chi connectivity index (χ2v) is 7.69. The molecule has 8 heteroatoms. The smallest absolute Gasteiger partial charge is 0.272 e. The molecular formula is C23H22FN5O2. The zero-order valence-electron chi connectivity index (χ0n) is 17.2. The Morgan fingerprint density at radius 2 is 1.94 bits per heavy atom. The van der Waals surface area contributed by atoms with E-state index >= 15 is 0 Å². The fourth-order valence-corrected chi connectivity index (χ4v) is 3.42. The summed E-state index contributed by atoms with van der Waals surface area (Å²) in [5.74, 6) is -0.574. The van der Waals surface area contributed by atoms with Gasteiger partial charge in [-0.25, -0.2) is 13.9 Å². The lowest BCUT2D eigenvalue weighted by molar-refractivity contribution is -0.121. The van der Waals surface area contributed by atoms with E-state index < -0.39 is 6.04 Å². The number of rotatable bonds is 6. The third-order valence-corrected chi connectivity index (χ3v) is 4.99. The molecule has 1 amide bonds. The monoisotopic (exact) mass is 419 g/mol. The molecule has 3 heterocycles. The van der Waals surface area contributed by atoms with Crippen LogP contribution in [0, 0.1) is 11.7 Å². The van der Waals surface area contributed by atoms with Crippen LogP contribution in [-0.4, -0.2) is 25.5 Å². The molecule has 1 atom stereocenters. The molecule has 0 aliphatic rings. The van der Waals surface area contributed by atoms with Crippen LogP contribution >= 0.6 is 0 Å². The Morgan fingerprint density at radius 3 is 2.61 bits per heavy atom. The predicted molar refractivity (Wildman–Crippen MR) is 115 cm³/mol. The van der Waals surface area contributed by atoms with Gasteiger partial charge in [0.25, 0.3) is 5.56 Å². The van der Waals surface area contributed by atoms with Gasteiger partial charge in [0.2, 0.25) is 5.91 Å². The van der Waals surface area contributed by atoms with Crippen molar-refractivity contribution >= 4 is 11.6 Å². The Labute approximate surface area is 178 Å². The number of halogens is 1. The van der Waals surface area contributed by atoms with Crippen molar-refractivity contribution in [2.24, 2.45) is 5.92 Å². The van der Waals surface area contributed by atoms with Gasteiger partial charge in [0.15, 0.2) is 5.65 Å². The highest BCUT2D eigenvalue weighted by Gasteiger charge is 2.22. The maximum absolute atomic E-state index is 13.1. The molecule has 7 nitrogen and oxygen atoms in total. The lowest BCUT2D eigenvalue weighted by Gasteiger charge is -2.22. The Kier molecular flexibility index (Phi) is 5.62. The van der Waals surface area contributed by atoms with Gasteiger partial charge in [0, 0.05) is 18.3 Å². The first-order valence-electron chi connectivity index (χ1n) is 9.98. The average Bonchev–Trinajstić information content (AvgIpc) is 3.19. The molecule has 0 radical (unpaired) electrons. The average molecular weight is 419 g/mol. The number of H-pyrrole nitrogens is 1. The van der Waals surface area contributed by atoms with E-state index in [9.17, 15) is 14.0 Å². The minimum absolute atomic E-state index is 0.000667. The van der Waals surface area contributed by atoms with Gasteiger partial charge in [0.1, 0.15) is 5.82 Å². The maximum Gasteiger partial charge on any atom is 0.272 e. The number of carbonyl (C=O) groups excluding carboxylic acids is 1. The molecule has 0 saturated carbocycles. The predicted octanol–water partition coefficient (Wildman–Crippen LogP) is 3.28. The summed E-state index contributed by atoms with van der Waals surface area (Å²) in [6, 6.07) is 14.1. The van der Waals surface area contributed by atoms with Crippen molar-refractivity contribution in [1.29, 1.82) is 0 Å². The summed E-state index contributed by atoms with van der Waals surface area (Å²) in [7, 11) is 0. The van der Waals surface area contributed by atoms with Crippen LogP contribution in [0.1, 0.15) is 31.1 Å². The zero-order valence-corrected chi connectivity index (χ0v) is 17.2. The summed E-state index contributed by atoms with van der Waals surface area (Å²) in [4.78, 5) is 34.2. The number of nitrogens with zero attached hydrogens (tertiary/aromatic N) is 3. The summed E-state index contributed by atoms with van der Waals surface area (Å²) in [5.41, 5.74) is 2.72. The van der Waals surface area contributed by atoms with Crippen molar-refractivity contribution < 1.29 is 9.18 Å². The summed E-state index contributed by atoms with van der Waals surface area (Å²) < 4.78 is 14.4. The Bertz CT molecular complexity index is 1260. The maximum atomic E-state index is 13.1. The minimum atomic E-state index is -0.446. The number of hydrogen-bond acceptors (Lipinski definition) is 4. The van der Waals surface area contributed by atoms with Crippen LogP contribution < -0.4 is 10.9 Å². The number of aromatic nitrogens is 4. The number of pyridine rings is 1. The largest absolute Gasteiger partial charge is 0.347 e. The number of benzene rings is 1. The van der Waals surface area contributed by atoms with Gasteiger partial charge in [0.05, 0.1) is 29.5 Å². The fraction of sp³-hybridized carbons (Fsp3) is 0.217. The molecule has 4 aromatic rings. The number of amides is 1. The fourth-order valence-electron chi connectivity index (χ4n) is 3.42. The molecule has 0 spiro atoms. The second-order valence-electron chi connectivity index (χ2n) is 7.69. The molecule has 4 rings (SSSR count). The lowest BCUT2D eigenvalue weighted by Crippen LogP contribution is -2.34. The highest BCUT2D eigenvalue weighted by Crippen LogP contribution is 2.21. The van der Waals surface area contributed by atoms with E-state index in [2.05, 4.69) is 20.4 Å². The minimum Gasteiger partial charge on any atom is -0.347 e. The van der Waals surface area contributed by atoms with Crippen LogP contribution in [0.2, 0.25) is 0 Å². The van der Waals surface area contributed by atoms with E-state index in [-0.39, 0.29) is 29.6 Å². The topological polar surface area (TPSA) is 92.2 Å². The third kappa shape index (κ3) is 4.53. The first kappa shape index (κ1) is 20.5. The van der Waals surface area contributed by atoms with Crippen molar-refractivity contribution in [3.8, 4) is 11.4 Å². The van der Waals surface area contributed by atoms with E-state index in [0.29, 0.717) is 28.3 Å². The molecule has 1 aromatic carbocycles. The van der Waals surface area contributed by atoms with Crippen molar-refractivity contribution in [1.82, 2.24) is 24.9 Å². The molecule has 0 unspecified atom stereocenters. The van der Waals surface area contributed by atoms with Crippen molar-refractivity contribution in [2.45, 2.75) is 26.3 Å². The number of aromatic amines is 1. The molecule has 0 saturated heterocycles. The molecule has 0 aliphatic carbocycles. The molecule has 3 aromatic heterocycles. The Morgan fingerprint density at radius 1 is 1.16 bits per heavy atom. The number of fused-ring (bicyclic) bond motifs is 1. The second kappa shape index (κ2) is 8.51. The van der Waals surface area contributed by atoms with Gasteiger partial charge < -0.3 is 5.32 Å². The summed E-state index contributed by atoms with van der Waals surface area (Å²) >= 11 is 0. The van der Waals surface area contributed by atoms with E-state index in [1.807, 2.05) is 32.0 Å². The number of hydrogen-bond donors (Lipinski definition) is 2. The van der Waals surface area contributed by atoms with Crippen molar-refractivity contribution in [3.05, 3.63) is 88.2 Å². The Hall–Kier alpha value is -3.81. The van der Waals surface area contributed by atoms with Gasteiger partial charge >= 0.3 is 0 Å². The first-order valence-corrected chi connectivity index (χ1v) is 9.98. The summed E-state index contributed by atoms with van der Waals surface area (Å²) in [6.45, 7) is 3.89. The van der Waals surface area contributed by atoms with E-state index in [1.54, 1.807) is 24.4 Å². The van der Waals surface area contributed by atoms with E-state index in [0.717, 1.165) is 0 Å². The molecule has 158 valence electrons. The molecular weight excluding hydrogens is 397 g/mol. The van der Waals surface area contributed by atoms with Crippen molar-refractivity contribution in [2.75, 3.05) is 0 Å². The number of nitrogens with one attached hydrogen (secondary N) is 2. The van der Waals surface area contributed by atoms with Crippen LogP contribution in [0.25, 0.3) is 17.0 Å². The van der Waals surface area contributed by atoms with Gasteiger partial charge in [-0.05, 0) is 35.7 Å². The van der Waals surface area contributed by atoms with Crippen LogP contribution in [0.3, 0.4) is 0 Å². The highest BCUT2D eigenvalue weighted by molar-refractivity contribution is 5.79. The van der Waals surface area contributed by atoms with Crippen LogP contribution in [0.4, 0.5) is 4.39 Å². The quantitative estimate of drug-likeness (QED) is 0.502. The van der Waals surface area contributed by atoms with Gasteiger partial charge in [-0.3, -0.25) is 19.7 Å². The van der Waals surface area contributed by atoms with E-state index in [1.165, 1.54) is 22.7 Å². The van der Waals surface area contributed by atoms with E-state index in [4.69, 9.17) is 0 Å². The standard InChI is InChI=1S/C23H22FN5O2/c1-14(2)23(27-21(30)11-15-6-8-16(24)9-7-15)19-13-22(31)29-20(26-19)12-18(28-29)17-5-3-4-10-25-17/h3-10,12-14,23,28H,11H2,1-2H3,(H,27,30)/t23-/m0/s1. The number of carbonyl (C=O) groups is 1. The normalized spacial score (nSPS) is 12.3.